The molecule has 0 amide bonds. The van der Waals surface area contributed by atoms with Crippen LogP contribution in [-0.4, -0.2) is 23.5 Å². The molecular formula is C20H29N. The molecule has 3 aliphatic rings. The van der Waals surface area contributed by atoms with Gasteiger partial charge in [-0.05, 0) is 62.5 Å². The van der Waals surface area contributed by atoms with E-state index < -0.39 is 0 Å². The highest BCUT2D eigenvalue weighted by molar-refractivity contribution is 5.28. The van der Waals surface area contributed by atoms with E-state index in [1.807, 2.05) is 0 Å². The van der Waals surface area contributed by atoms with Gasteiger partial charge in [-0.1, -0.05) is 49.6 Å². The summed E-state index contributed by atoms with van der Waals surface area (Å²) < 4.78 is 0. The summed E-state index contributed by atoms with van der Waals surface area (Å²) in [5, 5.41) is 0. The summed E-state index contributed by atoms with van der Waals surface area (Å²) in [4.78, 5) is 2.90. The van der Waals surface area contributed by atoms with Gasteiger partial charge in [0.2, 0.25) is 0 Å². The first-order chi connectivity index (χ1) is 10.3. The van der Waals surface area contributed by atoms with Gasteiger partial charge in [0.1, 0.15) is 0 Å². The maximum absolute atomic E-state index is 2.90. The zero-order valence-corrected chi connectivity index (χ0v) is 13.6. The van der Waals surface area contributed by atoms with E-state index in [0.717, 1.165) is 29.8 Å². The van der Waals surface area contributed by atoms with Crippen LogP contribution in [0.5, 0.6) is 0 Å². The van der Waals surface area contributed by atoms with Gasteiger partial charge in [0, 0.05) is 12.1 Å². The lowest BCUT2D eigenvalue weighted by molar-refractivity contribution is 0.0830. The van der Waals surface area contributed by atoms with E-state index >= 15 is 0 Å². The first-order valence-electron chi connectivity index (χ1n) is 9.10. The van der Waals surface area contributed by atoms with Crippen LogP contribution in [0.4, 0.5) is 0 Å². The minimum Gasteiger partial charge on any atom is -0.297 e. The van der Waals surface area contributed by atoms with E-state index in [1.165, 1.54) is 50.6 Å². The molecule has 1 unspecified atom stereocenters. The first kappa shape index (κ1) is 13.8. The Morgan fingerprint density at radius 3 is 2.67 bits per heavy atom. The Hall–Kier alpha value is -0.820. The molecule has 0 radical (unpaired) electrons. The van der Waals surface area contributed by atoms with E-state index in [4.69, 9.17) is 0 Å². The van der Waals surface area contributed by atoms with Gasteiger partial charge in [0.15, 0.2) is 0 Å². The lowest BCUT2D eigenvalue weighted by atomic mass is 9.74. The molecule has 1 heteroatoms. The Morgan fingerprint density at radius 1 is 1.10 bits per heavy atom. The normalized spacial score (nSPS) is 40.7. The molecular weight excluding hydrogens is 254 g/mol. The number of piperidine rings is 2. The Morgan fingerprint density at radius 2 is 1.90 bits per heavy atom. The fourth-order valence-electron chi connectivity index (χ4n) is 5.56. The van der Waals surface area contributed by atoms with Crippen LogP contribution in [-0.2, 0) is 0 Å². The van der Waals surface area contributed by atoms with Crippen molar-refractivity contribution in [1.29, 1.82) is 0 Å². The Bertz CT molecular complexity index is 491. The summed E-state index contributed by atoms with van der Waals surface area (Å²) in [6.45, 7) is 5.94. The van der Waals surface area contributed by atoms with Crippen molar-refractivity contribution in [1.82, 2.24) is 4.90 Å². The second-order valence-electron chi connectivity index (χ2n) is 7.72. The van der Waals surface area contributed by atoms with Crippen molar-refractivity contribution in [3.05, 3.63) is 35.4 Å². The van der Waals surface area contributed by atoms with E-state index in [-0.39, 0.29) is 0 Å². The Kier molecular flexibility index (Phi) is 3.57. The van der Waals surface area contributed by atoms with Crippen molar-refractivity contribution in [3.63, 3.8) is 0 Å². The van der Waals surface area contributed by atoms with Gasteiger partial charge in [-0.25, -0.2) is 0 Å². The smallest absolute Gasteiger partial charge is 0.0136 e. The fourth-order valence-corrected chi connectivity index (χ4v) is 5.56. The molecule has 4 rings (SSSR count). The number of hydrogen-bond acceptors (Lipinski definition) is 1. The molecule has 0 aromatic heterocycles. The molecule has 0 saturated carbocycles. The topological polar surface area (TPSA) is 3.24 Å². The molecule has 0 spiro atoms. The summed E-state index contributed by atoms with van der Waals surface area (Å²) in [7, 11) is 0. The Labute approximate surface area is 129 Å². The lowest BCUT2D eigenvalue weighted by Gasteiger charge is -2.44. The molecule has 1 aromatic rings. The van der Waals surface area contributed by atoms with Crippen molar-refractivity contribution in [2.24, 2.45) is 11.8 Å². The zero-order valence-electron chi connectivity index (χ0n) is 13.6. The van der Waals surface area contributed by atoms with Crippen molar-refractivity contribution in [2.75, 3.05) is 6.54 Å². The number of rotatable bonds is 4. The highest BCUT2D eigenvalue weighted by atomic mass is 15.3. The highest BCUT2D eigenvalue weighted by Crippen LogP contribution is 2.54. The van der Waals surface area contributed by atoms with Crippen LogP contribution in [0.15, 0.2) is 24.3 Å². The molecule has 3 fully saturated rings. The average Bonchev–Trinajstić information content (AvgIpc) is 3.01. The standard InChI is InChI=1S/C20H29N/c1-3-4-5-17-18(15-8-6-14(2)7-9-15)13-19-16-10-11-21(19)20(17)12-16/h6-9,16-20H,3-5,10-13H2,1-2H3/t16-,17+,18-,19-,20-/m1/s1. The van der Waals surface area contributed by atoms with Crippen LogP contribution < -0.4 is 0 Å². The monoisotopic (exact) mass is 283 g/mol. The summed E-state index contributed by atoms with van der Waals surface area (Å²) in [6.07, 6.45) is 8.60. The predicted octanol–water partition coefficient (Wildman–Crippen LogP) is 4.75. The number of aryl methyl sites for hydroxylation is 1. The molecule has 21 heavy (non-hydrogen) atoms. The number of unbranched alkanes of at least 4 members (excludes halogenated alkanes) is 1. The minimum absolute atomic E-state index is 0.825. The van der Waals surface area contributed by atoms with Crippen molar-refractivity contribution in [2.45, 2.75) is 70.4 Å². The maximum atomic E-state index is 2.90. The number of hydrogen-bond donors (Lipinski definition) is 0. The summed E-state index contributed by atoms with van der Waals surface area (Å²) in [6, 6.07) is 11.3. The quantitative estimate of drug-likeness (QED) is 0.770. The van der Waals surface area contributed by atoms with E-state index in [0.29, 0.717) is 0 Å². The van der Waals surface area contributed by atoms with E-state index in [2.05, 4.69) is 43.0 Å². The molecule has 3 saturated heterocycles. The Balaban J connectivity index is 1.63. The van der Waals surface area contributed by atoms with Gasteiger partial charge in [0.05, 0.1) is 0 Å². The minimum atomic E-state index is 0.825. The third kappa shape index (κ3) is 2.25. The third-order valence-electron chi connectivity index (χ3n) is 6.60. The van der Waals surface area contributed by atoms with Gasteiger partial charge in [-0.2, -0.15) is 0 Å². The summed E-state index contributed by atoms with van der Waals surface area (Å²) in [5.74, 6) is 2.76. The van der Waals surface area contributed by atoms with Crippen molar-refractivity contribution >= 4 is 0 Å². The van der Waals surface area contributed by atoms with Crippen LogP contribution >= 0.6 is 0 Å². The van der Waals surface area contributed by atoms with Gasteiger partial charge >= 0.3 is 0 Å². The van der Waals surface area contributed by atoms with Gasteiger partial charge in [-0.3, -0.25) is 4.90 Å². The van der Waals surface area contributed by atoms with Crippen LogP contribution in [0, 0.1) is 18.8 Å². The molecule has 6 atom stereocenters. The largest absolute Gasteiger partial charge is 0.297 e. The zero-order chi connectivity index (χ0) is 14.4. The fraction of sp³-hybridized carbons (Fsp3) is 0.700. The van der Waals surface area contributed by atoms with Crippen molar-refractivity contribution < 1.29 is 0 Å². The summed E-state index contributed by atoms with van der Waals surface area (Å²) >= 11 is 0. The van der Waals surface area contributed by atoms with Crippen LogP contribution in [0.2, 0.25) is 0 Å². The number of benzene rings is 1. The molecule has 0 N–H and O–H groups in total. The maximum Gasteiger partial charge on any atom is 0.0136 e. The van der Waals surface area contributed by atoms with Gasteiger partial charge < -0.3 is 0 Å². The van der Waals surface area contributed by atoms with Gasteiger partial charge in [0.25, 0.3) is 0 Å². The van der Waals surface area contributed by atoms with E-state index in [9.17, 15) is 0 Å². The molecule has 1 aromatic carbocycles. The molecule has 1 nitrogen and oxygen atoms in total. The van der Waals surface area contributed by atoms with Gasteiger partial charge in [-0.15, -0.1) is 0 Å². The number of nitrogens with zero attached hydrogens (tertiary/aromatic N) is 1. The average molecular weight is 283 g/mol. The van der Waals surface area contributed by atoms with Crippen LogP contribution in [0.25, 0.3) is 0 Å². The summed E-state index contributed by atoms with van der Waals surface area (Å²) in [5.41, 5.74) is 3.02. The lowest BCUT2D eigenvalue weighted by Crippen LogP contribution is -2.46. The molecule has 3 aliphatic heterocycles. The first-order valence-corrected chi connectivity index (χ1v) is 9.10. The van der Waals surface area contributed by atoms with Crippen LogP contribution in [0.1, 0.15) is 62.5 Å². The second kappa shape index (κ2) is 5.43. The molecule has 3 heterocycles. The molecule has 114 valence electrons. The predicted molar refractivity (Wildman–Crippen MR) is 88.6 cm³/mol. The molecule has 0 aliphatic carbocycles. The highest BCUT2D eigenvalue weighted by Gasteiger charge is 2.54. The second-order valence-corrected chi connectivity index (χ2v) is 7.72. The molecule has 4 bridgehead atoms. The SMILES string of the molecule is CCCC[C@H]1[C@@H](c2ccc(C)cc2)C[C@@H]2[C@@H]3CCN2[C@@H]1C3. The van der Waals surface area contributed by atoms with Crippen LogP contribution in [0.3, 0.4) is 0 Å². The van der Waals surface area contributed by atoms with E-state index in [1.54, 1.807) is 5.56 Å². The third-order valence-corrected chi connectivity index (χ3v) is 6.60. The van der Waals surface area contributed by atoms with Crippen molar-refractivity contribution in [3.8, 4) is 0 Å².